The molecule has 2 aliphatic rings. The summed E-state index contributed by atoms with van der Waals surface area (Å²) in [5.41, 5.74) is 0.891. The number of hydrogen-bond acceptors (Lipinski definition) is 5. The number of nitrogens with one attached hydrogen (secondary N) is 1. The molecule has 1 unspecified atom stereocenters. The van der Waals surface area contributed by atoms with Crippen molar-refractivity contribution < 1.29 is 19.1 Å². The molecule has 1 aliphatic carbocycles. The van der Waals surface area contributed by atoms with E-state index in [1.165, 1.54) is 30.7 Å². The Morgan fingerprint density at radius 2 is 1.82 bits per heavy atom. The van der Waals surface area contributed by atoms with E-state index in [-0.39, 0.29) is 35.8 Å². The van der Waals surface area contributed by atoms with E-state index in [9.17, 15) is 14.4 Å². The topological polar surface area (TPSA) is 93.5 Å². The minimum atomic E-state index is -1.20. The van der Waals surface area contributed by atoms with Crippen molar-refractivity contribution in [1.82, 2.24) is 15.1 Å². The average molecular weight is 453 g/mol. The van der Waals surface area contributed by atoms with Crippen LogP contribution in [0.3, 0.4) is 0 Å². The van der Waals surface area contributed by atoms with Crippen LogP contribution in [0.25, 0.3) is 0 Å². The van der Waals surface area contributed by atoms with Crippen LogP contribution < -0.4 is 10.2 Å². The zero-order valence-electron chi connectivity index (χ0n) is 19.6. The second kappa shape index (κ2) is 9.37. The molecule has 4 rings (SSSR count). The van der Waals surface area contributed by atoms with Crippen LogP contribution in [-0.2, 0) is 22.5 Å². The molecule has 0 bridgehead atoms. The van der Waals surface area contributed by atoms with Gasteiger partial charge in [0.15, 0.2) is 5.69 Å². The molecule has 0 saturated heterocycles. The minimum absolute atomic E-state index is 0.0514. The Morgan fingerprint density at radius 1 is 1.15 bits per heavy atom. The lowest BCUT2D eigenvalue weighted by Gasteiger charge is -2.43. The number of rotatable bonds is 5. The quantitative estimate of drug-likeness (QED) is 0.554. The molecular weight excluding hydrogens is 420 g/mol. The van der Waals surface area contributed by atoms with Crippen molar-refractivity contribution in [3.8, 4) is 0 Å². The summed E-state index contributed by atoms with van der Waals surface area (Å²) in [4.78, 5) is 41.0. The van der Waals surface area contributed by atoms with E-state index in [0.717, 1.165) is 37.7 Å². The zero-order chi connectivity index (χ0) is 23.6. The molecular formula is C25H32N4O4. The van der Waals surface area contributed by atoms with Gasteiger partial charge in [0.05, 0.1) is 13.7 Å². The lowest BCUT2D eigenvalue weighted by molar-refractivity contribution is -0.127. The highest BCUT2D eigenvalue weighted by Gasteiger charge is 2.49. The Labute approximate surface area is 194 Å². The number of carbonyl (C=O) groups is 3. The van der Waals surface area contributed by atoms with E-state index in [1.807, 2.05) is 24.3 Å². The molecule has 1 aromatic carbocycles. The van der Waals surface area contributed by atoms with Gasteiger partial charge >= 0.3 is 5.97 Å². The van der Waals surface area contributed by atoms with Crippen LogP contribution >= 0.6 is 0 Å². The van der Waals surface area contributed by atoms with Gasteiger partial charge in [0.2, 0.25) is 5.91 Å². The van der Waals surface area contributed by atoms with Crippen molar-refractivity contribution in [2.75, 3.05) is 12.0 Å². The van der Waals surface area contributed by atoms with E-state index in [4.69, 9.17) is 4.74 Å². The van der Waals surface area contributed by atoms with Crippen molar-refractivity contribution in [1.29, 1.82) is 0 Å². The Kier molecular flexibility index (Phi) is 6.54. The van der Waals surface area contributed by atoms with Gasteiger partial charge in [0, 0.05) is 17.8 Å². The molecule has 1 fully saturated rings. The van der Waals surface area contributed by atoms with Crippen molar-refractivity contribution >= 4 is 23.5 Å². The first-order chi connectivity index (χ1) is 15.9. The molecule has 176 valence electrons. The van der Waals surface area contributed by atoms with Gasteiger partial charge in [-0.25, -0.2) is 4.79 Å². The number of methoxy groups -OCH3 is 1. The second-order valence-corrected chi connectivity index (χ2v) is 9.16. The third-order valence-electron chi connectivity index (χ3n) is 6.83. The summed E-state index contributed by atoms with van der Waals surface area (Å²) >= 11 is 0. The molecule has 1 N–H and O–H groups in total. The Hall–Kier alpha value is -3.16. The fraction of sp³-hybridized carbons (Fsp3) is 0.520. The van der Waals surface area contributed by atoms with Crippen LogP contribution in [0.15, 0.2) is 30.3 Å². The second-order valence-electron chi connectivity index (χ2n) is 9.16. The van der Waals surface area contributed by atoms with E-state index in [2.05, 4.69) is 17.3 Å². The molecule has 1 aromatic heterocycles. The Morgan fingerprint density at radius 3 is 2.42 bits per heavy atom. The number of esters is 1. The highest BCUT2D eigenvalue weighted by Crippen LogP contribution is 2.33. The molecule has 2 amide bonds. The monoisotopic (exact) mass is 452 g/mol. The van der Waals surface area contributed by atoms with Gasteiger partial charge in [-0.3, -0.25) is 19.2 Å². The molecule has 0 radical (unpaired) electrons. The molecule has 0 spiro atoms. The third-order valence-corrected chi connectivity index (χ3v) is 6.83. The van der Waals surface area contributed by atoms with E-state index < -0.39 is 11.5 Å². The summed E-state index contributed by atoms with van der Waals surface area (Å²) in [6, 6.07) is 9.23. The van der Waals surface area contributed by atoms with Crippen LogP contribution in [0.1, 0.15) is 78.9 Å². The number of ether oxygens (including phenoxy) is 1. The number of benzene rings is 1. The first kappa shape index (κ1) is 23.0. The van der Waals surface area contributed by atoms with Gasteiger partial charge < -0.3 is 10.1 Å². The number of aryl methyl sites for hydroxylation is 1. The van der Waals surface area contributed by atoms with Crippen LogP contribution in [-0.4, -0.2) is 46.3 Å². The molecule has 2 heterocycles. The summed E-state index contributed by atoms with van der Waals surface area (Å²) in [6.45, 7) is 3.98. The largest absolute Gasteiger partial charge is 0.464 e. The third kappa shape index (κ3) is 4.38. The van der Waals surface area contributed by atoms with Gasteiger partial charge in [0.25, 0.3) is 5.91 Å². The molecule has 2 aromatic rings. The number of anilines is 1. The fourth-order valence-electron chi connectivity index (χ4n) is 4.84. The van der Waals surface area contributed by atoms with Gasteiger partial charge in [-0.1, -0.05) is 44.7 Å². The number of carbonyl (C=O) groups excluding carboxylic acids is 3. The van der Waals surface area contributed by atoms with Gasteiger partial charge in [-0.05, 0) is 43.9 Å². The fourth-order valence-corrected chi connectivity index (χ4v) is 4.84. The highest BCUT2D eigenvalue weighted by molar-refractivity contribution is 6.12. The van der Waals surface area contributed by atoms with Gasteiger partial charge in [-0.2, -0.15) is 5.10 Å². The smallest absolute Gasteiger partial charge is 0.358 e. The lowest BCUT2D eigenvalue weighted by Crippen LogP contribution is -2.65. The number of amides is 2. The standard InChI is InChI=1S/C25H32N4O4/c1-4-17-11-13-19(14-12-17)29-22(30)21-15-20(23(31)33-3)27-28(21)16-25(29,2)24(32)26-18-9-7-5-6-8-10-18/h11-15,18H,4-10,16H2,1-3H3,(H,26,32). The van der Waals surface area contributed by atoms with E-state index >= 15 is 0 Å². The maximum absolute atomic E-state index is 13.7. The minimum Gasteiger partial charge on any atom is -0.464 e. The van der Waals surface area contributed by atoms with Crippen LogP contribution in [0, 0.1) is 0 Å². The summed E-state index contributed by atoms with van der Waals surface area (Å²) in [6.07, 6.45) is 7.32. The number of fused-ring (bicyclic) bond motifs is 1. The average Bonchev–Trinajstić information content (AvgIpc) is 3.07. The highest BCUT2D eigenvalue weighted by atomic mass is 16.5. The SMILES string of the molecule is CCc1ccc(N2C(=O)c3cc(C(=O)OC)nn3CC2(C)C(=O)NC2CCCCCC2)cc1. The number of aromatic nitrogens is 2. The summed E-state index contributed by atoms with van der Waals surface area (Å²) in [7, 11) is 1.27. The predicted octanol–water partition coefficient (Wildman–Crippen LogP) is 3.49. The lowest BCUT2D eigenvalue weighted by atomic mass is 9.93. The number of hydrogen-bond donors (Lipinski definition) is 1. The zero-order valence-corrected chi connectivity index (χ0v) is 19.6. The van der Waals surface area contributed by atoms with Gasteiger partial charge in [-0.15, -0.1) is 0 Å². The maximum atomic E-state index is 13.7. The van der Waals surface area contributed by atoms with Crippen molar-refractivity contribution in [3.63, 3.8) is 0 Å². The summed E-state index contributed by atoms with van der Waals surface area (Å²) in [5.74, 6) is -1.19. The van der Waals surface area contributed by atoms with Crippen molar-refractivity contribution in [2.45, 2.75) is 76.9 Å². The van der Waals surface area contributed by atoms with Crippen LogP contribution in [0.2, 0.25) is 0 Å². The normalized spacial score (nSPS) is 21.3. The Bertz CT molecular complexity index is 1040. The van der Waals surface area contributed by atoms with E-state index in [1.54, 1.807) is 11.8 Å². The van der Waals surface area contributed by atoms with Gasteiger partial charge in [0.1, 0.15) is 11.2 Å². The summed E-state index contributed by atoms with van der Waals surface area (Å²) < 4.78 is 6.24. The molecule has 1 saturated carbocycles. The maximum Gasteiger partial charge on any atom is 0.358 e. The first-order valence-electron chi connectivity index (χ1n) is 11.8. The van der Waals surface area contributed by atoms with Crippen LogP contribution in [0.5, 0.6) is 0 Å². The number of nitrogens with zero attached hydrogens (tertiary/aromatic N) is 3. The Balaban J connectivity index is 1.73. The molecule has 8 nitrogen and oxygen atoms in total. The van der Waals surface area contributed by atoms with Crippen molar-refractivity contribution in [3.05, 3.63) is 47.3 Å². The molecule has 1 atom stereocenters. The van der Waals surface area contributed by atoms with E-state index in [0.29, 0.717) is 5.69 Å². The van der Waals surface area contributed by atoms with Crippen LogP contribution in [0.4, 0.5) is 5.69 Å². The summed E-state index contributed by atoms with van der Waals surface area (Å²) in [5, 5.41) is 7.50. The molecule has 8 heteroatoms. The first-order valence-corrected chi connectivity index (χ1v) is 11.8. The predicted molar refractivity (Wildman–Crippen MR) is 124 cm³/mol. The molecule has 33 heavy (non-hydrogen) atoms. The molecule has 1 aliphatic heterocycles. The van der Waals surface area contributed by atoms with Crippen molar-refractivity contribution in [2.24, 2.45) is 0 Å².